The number of rotatable bonds is 3. The van der Waals surface area contributed by atoms with Gasteiger partial charge in [-0.25, -0.2) is 8.42 Å². The lowest BCUT2D eigenvalue weighted by molar-refractivity contribution is 0.0984. The van der Waals surface area contributed by atoms with E-state index in [-0.39, 0.29) is 6.61 Å². The molecule has 0 bridgehead atoms. The van der Waals surface area contributed by atoms with E-state index in [1.54, 1.807) is 12.1 Å². The largest absolute Gasteiger partial charge is 0.384 e. The lowest BCUT2D eigenvalue weighted by Crippen LogP contribution is -2.33. The van der Waals surface area contributed by atoms with E-state index in [1.807, 2.05) is 13.0 Å². The van der Waals surface area contributed by atoms with Gasteiger partial charge >= 0.3 is 0 Å². The summed E-state index contributed by atoms with van der Waals surface area (Å²) in [6, 6.07) is 5.28. The Morgan fingerprint density at radius 2 is 2.05 bits per heavy atom. The second-order valence-electron chi connectivity index (χ2n) is 5.01. The van der Waals surface area contributed by atoms with Gasteiger partial charge in [-0.3, -0.25) is 4.72 Å². The third-order valence-electron chi connectivity index (χ3n) is 3.26. The Labute approximate surface area is 125 Å². The van der Waals surface area contributed by atoms with E-state index < -0.39 is 15.3 Å². The number of benzene rings is 1. The van der Waals surface area contributed by atoms with E-state index in [1.165, 1.54) is 0 Å². The summed E-state index contributed by atoms with van der Waals surface area (Å²) in [4.78, 5) is 0. The van der Waals surface area contributed by atoms with Crippen LogP contribution in [0.2, 0.25) is 0 Å². The monoisotopic (exact) mass is 309 g/mol. The molecule has 1 saturated heterocycles. The second-order valence-corrected chi connectivity index (χ2v) is 6.97. The van der Waals surface area contributed by atoms with Gasteiger partial charge in [0, 0.05) is 24.5 Å². The van der Waals surface area contributed by atoms with Crippen molar-refractivity contribution in [3.05, 3.63) is 29.3 Å². The second kappa shape index (κ2) is 6.94. The number of anilines is 1. The third-order valence-corrected chi connectivity index (χ3v) is 5.13. The lowest BCUT2D eigenvalue weighted by Gasteiger charge is -2.22. The average molecular weight is 309 g/mol. The highest BCUT2D eigenvalue weighted by Gasteiger charge is 2.27. The molecular formula is C15H19NO4S. The van der Waals surface area contributed by atoms with E-state index in [9.17, 15) is 8.42 Å². The molecule has 0 spiro atoms. The fourth-order valence-electron chi connectivity index (χ4n) is 2.29. The molecule has 0 aliphatic carbocycles. The Morgan fingerprint density at radius 1 is 1.33 bits per heavy atom. The van der Waals surface area contributed by atoms with Gasteiger partial charge < -0.3 is 9.84 Å². The summed E-state index contributed by atoms with van der Waals surface area (Å²) in [6.45, 7) is 2.60. The number of hydrogen-bond donors (Lipinski definition) is 2. The zero-order valence-electron chi connectivity index (χ0n) is 11.9. The van der Waals surface area contributed by atoms with Crippen molar-refractivity contribution in [1.29, 1.82) is 0 Å². The predicted octanol–water partition coefficient (Wildman–Crippen LogP) is 1.26. The molecule has 1 aliphatic rings. The fraction of sp³-hybridized carbons (Fsp3) is 0.467. The number of aliphatic hydroxyl groups excluding tert-OH is 1. The van der Waals surface area contributed by atoms with Gasteiger partial charge in [-0.1, -0.05) is 11.8 Å². The van der Waals surface area contributed by atoms with E-state index in [4.69, 9.17) is 9.84 Å². The molecule has 1 heterocycles. The Morgan fingerprint density at radius 3 is 2.71 bits per heavy atom. The van der Waals surface area contributed by atoms with Crippen molar-refractivity contribution in [3.8, 4) is 11.8 Å². The van der Waals surface area contributed by atoms with Crippen molar-refractivity contribution < 1.29 is 18.3 Å². The number of aliphatic hydroxyl groups is 1. The van der Waals surface area contributed by atoms with Crippen LogP contribution in [0.5, 0.6) is 0 Å². The molecule has 1 aliphatic heterocycles. The van der Waals surface area contributed by atoms with E-state index >= 15 is 0 Å². The quantitative estimate of drug-likeness (QED) is 0.824. The summed E-state index contributed by atoms with van der Waals surface area (Å²) >= 11 is 0. The average Bonchev–Trinajstić information content (AvgIpc) is 2.45. The minimum atomic E-state index is -3.42. The van der Waals surface area contributed by atoms with Crippen molar-refractivity contribution in [2.24, 2.45) is 0 Å². The van der Waals surface area contributed by atoms with E-state index in [2.05, 4.69) is 16.6 Å². The molecule has 0 saturated carbocycles. The van der Waals surface area contributed by atoms with Crippen LogP contribution in [0.3, 0.4) is 0 Å². The molecule has 1 fully saturated rings. The van der Waals surface area contributed by atoms with Gasteiger partial charge in [0.15, 0.2) is 0 Å². The molecule has 0 unspecified atom stereocenters. The van der Waals surface area contributed by atoms with Gasteiger partial charge in [-0.2, -0.15) is 0 Å². The van der Waals surface area contributed by atoms with Crippen LogP contribution in [0.4, 0.5) is 5.69 Å². The van der Waals surface area contributed by atoms with Crippen molar-refractivity contribution in [2.75, 3.05) is 24.5 Å². The fourth-order valence-corrected chi connectivity index (χ4v) is 3.72. The zero-order valence-corrected chi connectivity index (χ0v) is 12.7. The molecule has 6 heteroatoms. The van der Waals surface area contributed by atoms with Gasteiger partial charge in [-0.15, -0.1) is 0 Å². The smallest absolute Gasteiger partial charge is 0.235 e. The summed E-state index contributed by atoms with van der Waals surface area (Å²) in [5.41, 5.74) is 2.09. The maximum atomic E-state index is 12.3. The Balaban J connectivity index is 2.20. The normalized spacial score (nSPS) is 16.1. The molecule has 0 atom stereocenters. The highest BCUT2D eigenvalue weighted by Crippen LogP contribution is 2.21. The molecule has 114 valence electrons. The van der Waals surface area contributed by atoms with Gasteiger partial charge in [0.05, 0.1) is 5.25 Å². The van der Waals surface area contributed by atoms with Crippen LogP contribution in [0.15, 0.2) is 18.2 Å². The van der Waals surface area contributed by atoms with E-state index in [0.29, 0.717) is 37.3 Å². The van der Waals surface area contributed by atoms with Crippen LogP contribution in [-0.2, 0) is 14.8 Å². The van der Waals surface area contributed by atoms with Crippen LogP contribution >= 0.6 is 0 Å². The van der Waals surface area contributed by atoms with E-state index in [0.717, 1.165) is 5.56 Å². The maximum Gasteiger partial charge on any atom is 0.235 e. The van der Waals surface area contributed by atoms with Crippen LogP contribution in [-0.4, -0.2) is 38.6 Å². The van der Waals surface area contributed by atoms with Crippen molar-refractivity contribution in [2.45, 2.75) is 25.0 Å². The van der Waals surface area contributed by atoms with Crippen LogP contribution in [0, 0.1) is 18.8 Å². The zero-order chi connectivity index (χ0) is 15.3. The van der Waals surface area contributed by atoms with Crippen LogP contribution in [0.25, 0.3) is 0 Å². The third kappa shape index (κ3) is 4.46. The van der Waals surface area contributed by atoms with Crippen LogP contribution in [0.1, 0.15) is 24.0 Å². The van der Waals surface area contributed by atoms with Gasteiger partial charge in [0.25, 0.3) is 0 Å². The highest BCUT2D eigenvalue weighted by atomic mass is 32.2. The molecule has 1 aromatic rings. The first kappa shape index (κ1) is 15.8. The first-order chi connectivity index (χ1) is 10.0. The molecule has 2 N–H and O–H groups in total. The van der Waals surface area contributed by atoms with Gasteiger partial charge in [0.1, 0.15) is 6.61 Å². The number of sulfonamides is 1. The topological polar surface area (TPSA) is 75.6 Å². The Bertz CT molecular complexity index is 652. The van der Waals surface area contributed by atoms with Crippen LogP contribution < -0.4 is 4.72 Å². The summed E-state index contributed by atoms with van der Waals surface area (Å²) in [5.74, 6) is 5.34. The highest BCUT2D eigenvalue weighted by molar-refractivity contribution is 7.93. The molecule has 21 heavy (non-hydrogen) atoms. The lowest BCUT2D eigenvalue weighted by atomic mass is 10.1. The predicted molar refractivity (Wildman–Crippen MR) is 81.5 cm³/mol. The molecule has 5 nitrogen and oxygen atoms in total. The first-order valence-corrected chi connectivity index (χ1v) is 8.37. The molecule has 0 amide bonds. The molecule has 2 rings (SSSR count). The molecule has 0 aromatic heterocycles. The van der Waals surface area contributed by atoms with Gasteiger partial charge in [0.2, 0.25) is 10.0 Å². The van der Waals surface area contributed by atoms with Gasteiger partial charge in [-0.05, 0) is 43.5 Å². The molecular weight excluding hydrogens is 290 g/mol. The molecule has 0 radical (unpaired) electrons. The van der Waals surface area contributed by atoms with Crippen molar-refractivity contribution in [1.82, 2.24) is 0 Å². The van der Waals surface area contributed by atoms with Crippen molar-refractivity contribution in [3.63, 3.8) is 0 Å². The number of hydrogen-bond acceptors (Lipinski definition) is 4. The summed E-state index contributed by atoms with van der Waals surface area (Å²) in [6.07, 6.45) is 1.02. The summed E-state index contributed by atoms with van der Waals surface area (Å²) in [5, 5.41) is 8.31. The minimum absolute atomic E-state index is 0.225. The summed E-state index contributed by atoms with van der Waals surface area (Å²) in [7, 11) is -3.42. The minimum Gasteiger partial charge on any atom is -0.384 e. The Hall–Kier alpha value is -1.55. The summed E-state index contributed by atoms with van der Waals surface area (Å²) < 4.78 is 32.5. The number of aryl methyl sites for hydroxylation is 1. The standard InChI is InChI=1S/C15H19NO4S/c1-12-9-13(3-2-6-17)11-14(10-12)16-21(18,19)15-4-7-20-8-5-15/h9-11,15-17H,4-8H2,1H3. The number of nitrogens with one attached hydrogen (secondary N) is 1. The number of ether oxygens (including phenoxy) is 1. The molecule has 1 aromatic carbocycles. The SMILES string of the molecule is Cc1cc(C#CCO)cc(NS(=O)(=O)C2CCOCC2)c1. The Kier molecular flexibility index (Phi) is 5.23. The first-order valence-electron chi connectivity index (χ1n) is 6.82. The maximum absolute atomic E-state index is 12.3. The van der Waals surface area contributed by atoms with Crippen molar-refractivity contribution >= 4 is 15.7 Å².